The molecule has 0 aromatic carbocycles. The lowest BCUT2D eigenvalue weighted by molar-refractivity contribution is -0.130. The summed E-state index contributed by atoms with van der Waals surface area (Å²) in [4.78, 5) is 13.4. The molecule has 2 aliphatic rings. The summed E-state index contributed by atoms with van der Waals surface area (Å²) in [6.45, 7) is 1.32. The van der Waals surface area contributed by atoms with Crippen molar-refractivity contribution < 1.29 is 9.90 Å². The van der Waals surface area contributed by atoms with Crippen molar-refractivity contribution in [3.8, 4) is 0 Å². The third-order valence-electron chi connectivity index (χ3n) is 3.25. The molecule has 0 aromatic heterocycles. The number of nitrogens with zero attached hydrogens (tertiary/aromatic N) is 1. The molecule has 1 atom stereocenters. The summed E-state index contributed by atoms with van der Waals surface area (Å²) in [5.74, 6) is 0.144. The van der Waals surface area contributed by atoms with Gasteiger partial charge >= 0.3 is 0 Å². The van der Waals surface area contributed by atoms with Gasteiger partial charge in [0.15, 0.2) is 0 Å². The van der Waals surface area contributed by atoms with Crippen LogP contribution >= 0.6 is 15.9 Å². The smallest absolute Gasteiger partial charge is 0.236 e. The highest BCUT2D eigenvalue weighted by atomic mass is 79.9. The number of alkyl halides is 1. The minimum Gasteiger partial charge on any atom is -0.388 e. The van der Waals surface area contributed by atoms with Gasteiger partial charge in [-0.25, -0.2) is 0 Å². The molecule has 1 aliphatic heterocycles. The van der Waals surface area contributed by atoms with E-state index in [1.165, 1.54) is 0 Å². The molecule has 4 heteroatoms. The van der Waals surface area contributed by atoms with Gasteiger partial charge in [0.05, 0.1) is 10.4 Å². The van der Waals surface area contributed by atoms with Gasteiger partial charge in [-0.05, 0) is 19.3 Å². The Morgan fingerprint density at radius 2 is 2.14 bits per heavy atom. The van der Waals surface area contributed by atoms with Gasteiger partial charge in [0.2, 0.25) is 5.91 Å². The van der Waals surface area contributed by atoms with Crippen LogP contribution in [0.25, 0.3) is 0 Å². The third-order valence-corrected chi connectivity index (χ3v) is 4.10. The highest BCUT2D eigenvalue weighted by Gasteiger charge is 2.38. The fourth-order valence-corrected chi connectivity index (χ4v) is 2.90. The van der Waals surface area contributed by atoms with Gasteiger partial charge in [0.25, 0.3) is 0 Å². The average molecular weight is 262 g/mol. The monoisotopic (exact) mass is 261 g/mol. The molecule has 80 valence electrons. The number of carbonyl (C=O) groups is 1. The molecule has 0 spiro atoms. The van der Waals surface area contributed by atoms with Gasteiger partial charge in [-0.15, -0.1) is 0 Å². The Bertz CT molecular complexity index is 238. The molecule has 1 unspecified atom stereocenters. The van der Waals surface area contributed by atoms with Gasteiger partial charge in [-0.2, -0.15) is 0 Å². The molecule has 1 aliphatic carbocycles. The molecule has 1 saturated heterocycles. The molecule has 0 bridgehead atoms. The van der Waals surface area contributed by atoms with E-state index in [2.05, 4.69) is 15.9 Å². The van der Waals surface area contributed by atoms with E-state index in [0.717, 1.165) is 38.6 Å². The fourth-order valence-electron chi connectivity index (χ4n) is 2.40. The van der Waals surface area contributed by atoms with Crippen molar-refractivity contribution in [3.05, 3.63) is 0 Å². The first kappa shape index (κ1) is 10.4. The molecule has 1 heterocycles. The predicted octanol–water partition coefficient (Wildman–Crippen LogP) is 1.29. The van der Waals surface area contributed by atoms with Crippen LogP contribution < -0.4 is 0 Å². The van der Waals surface area contributed by atoms with Crippen molar-refractivity contribution in [2.75, 3.05) is 13.1 Å². The standard InChI is InChI=1S/C10H16BrNO2/c11-8-3-6-12(9(8)13)7-10(14)4-1-2-5-10/h8,14H,1-7H2. The number of likely N-dealkylation sites (tertiary alicyclic amines) is 1. The van der Waals surface area contributed by atoms with Crippen molar-refractivity contribution in [1.82, 2.24) is 4.90 Å². The molecule has 1 saturated carbocycles. The highest BCUT2D eigenvalue weighted by Crippen LogP contribution is 2.31. The van der Waals surface area contributed by atoms with Crippen LogP contribution in [0.2, 0.25) is 0 Å². The second-order valence-electron chi connectivity index (χ2n) is 4.45. The summed E-state index contributed by atoms with van der Waals surface area (Å²) in [5.41, 5.74) is -0.591. The number of rotatable bonds is 2. The number of halogens is 1. The van der Waals surface area contributed by atoms with E-state index in [9.17, 15) is 9.90 Å². The van der Waals surface area contributed by atoms with E-state index >= 15 is 0 Å². The highest BCUT2D eigenvalue weighted by molar-refractivity contribution is 9.10. The van der Waals surface area contributed by atoms with Gasteiger partial charge < -0.3 is 10.0 Å². The molecule has 14 heavy (non-hydrogen) atoms. The van der Waals surface area contributed by atoms with E-state index in [4.69, 9.17) is 0 Å². The topological polar surface area (TPSA) is 40.5 Å². The molecular weight excluding hydrogens is 246 g/mol. The second kappa shape index (κ2) is 3.81. The van der Waals surface area contributed by atoms with Gasteiger partial charge in [-0.3, -0.25) is 4.79 Å². The molecule has 2 fully saturated rings. The van der Waals surface area contributed by atoms with Gasteiger partial charge in [-0.1, -0.05) is 28.8 Å². The van der Waals surface area contributed by atoms with E-state index in [1.54, 1.807) is 4.90 Å². The maximum Gasteiger partial charge on any atom is 0.236 e. The Morgan fingerprint density at radius 3 is 2.64 bits per heavy atom. The summed E-state index contributed by atoms with van der Waals surface area (Å²) in [5, 5.41) is 10.1. The van der Waals surface area contributed by atoms with Crippen LogP contribution in [0.15, 0.2) is 0 Å². The van der Waals surface area contributed by atoms with Crippen molar-refractivity contribution in [1.29, 1.82) is 0 Å². The van der Waals surface area contributed by atoms with Gasteiger partial charge in [0, 0.05) is 13.1 Å². The molecule has 0 radical (unpaired) electrons. The summed E-state index contributed by atoms with van der Waals surface area (Å²) in [6, 6.07) is 0. The Labute approximate surface area is 92.6 Å². The maximum atomic E-state index is 11.6. The fraction of sp³-hybridized carbons (Fsp3) is 0.900. The van der Waals surface area contributed by atoms with Crippen LogP contribution in [0.1, 0.15) is 32.1 Å². The van der Waals surface area contributed by atoms with E-state index in [1.807, 2.05) is 0 Å². The third kappa shape index (κ3) is 1.96. The molecule has 0 aromatic rings. The van der Waals surface area contributed by atoms with Crippen LogP contribution in [0.4, 0.5) is 0 Å². The average Bonchev–Trinajstić information content (AvgIpc) is 2.68. The molecular formula is C10H16BrNO2. The Kier molecular flexibility index (Phi) is 2.84. The summed E-state index contributed by atoms with van der Waals surface area (Å²) in [7, 11) is 0. The number of amides is 1. The number of β-amino-alcohol motifs (C(OH)–C–C–N with tert-alkyl or cyclic N) is 1. The van der Waals surface area contributed by atoms with Crippen LogP contribution in [0, 0.1) is 0 Å². The van der Waals surface area contributed by atoms with Crippen LogP contribution in [0.3, 0.4) is 0 Å². The lowest BCUT2D eigenvalue weighted by Gasteiger charge is -2.28. The zero-order valence-corrected chi connectivity index (χ0v) is 9.79. The largest absolute Gasteiger partial charge is 0.388 e. The second-order valence-corrected chi connectivity index (χ2v) is 5.55. The predicted molar refractivity (Wildman–Crippen MR) is 57.3 cm³/mol. The number of carbonyl (C=O) groups excluding carboxylic acids is 1. The van der Waals surface area contributed by atoms with E-state index in [0.29, 0.717) is 6.54 Å². The number of hydrogen-bond acceptors (Lipinski definition) is 2. The molecule has 3 nitrogen and oxygen atoms in total. The van der Waals surface area contributed by atoms with Crippen molar-refractivity contribution >= 4 is 21.8 Å². The minimum atomic E-state index is -0.591. The lowest BCUT2D eigenvalue weighted by Crippen LogP contribution is -2.42. The SMILES string of the molecule is O=C1C(Br)CCN1CC1(O)CCCC1. The normalized spacial score (nSPS) is 31.4. The maximum absolute atomic E-state index is 11.6. The Morgan fingerprint density at radius 1 is 1.50 bits per heavy atom. The molecule has 1 amide bonds. The van der Waals surface area contributed by atoms with Crippen LogP contribution in [-0.4, -0.2) is 39.4 Å². The van der Waals surface area contributed by atoms with Crippen molar-refractivity contribution in [3.63, 3.8) is 0 Å². The Hall–Kier alpha value is -0.0900. The zero-order valence-electron chi connectivity index (χ0n) is 8.21. The Balaban J connectivity index is 1.94. The summed E-state index contributed by atoms with van der Waals surface area (Å²) < 4.78 is 0. The van der Waals surface area contributed by atoms with Crippen LogP contribution in [0.5, 0.6) is 0 Å². The molecule has 2 rings (SSSR count). The lowest BCUT2D eigenvalue weighted by atomic mass is 10.0. The van der Waals surface area contributed by atoms with E-state index < -0.39 is 5.60 Å². The first-order chi connectivity index (χ1) is 6.61. The first-order valence-corrected chi connectivity index (χ1v) is 6.18. The first-order valence-electron chi connectivity index (χ1n) is 5.26. The minimum absolute atomic E-state index is 0.0208. The zero-order chi connectivity index (χ0) is 10.2. The summed E-state index contributed by atoms with van der Waals surface area (Å²) in [6.07, 6.45) is 4.76. The van der Waals surface area contributed by atoms with Crippen LogP contribution in [-0.2, 0) is 4.79 Å². The molecule has 1 N–H and O–H groups in total. The van der Waals surface area contributed by atoms with Crippen molar-refractivity contribution in [2.45, 2.75) is 42.5 Å². The van der Waals surface area contributed by atoms with E-state index in [-0.39, 0.29) is 10.7 Å². The quantitative estimate of drug-likeness (QED) is 0.762. The number of hydrogen-bond donors (Lipinski definition) is 1. The number of aliphatic hydroxyl groups is 1. The van der Waals surface area contributed by atoms with Crippen molar-refractivity contribution in [2.24, 2.45) is 0 Å². The van der Waals surface area contributed by atoms with Gasteiger partial charge in [0.1, 0.15) is 0 Å². The summed E-state index contributed by atoms with van der Waals surface area (Å²) >= 11 is 3.34.